The quantitative estimate of drug-likeness (QED) is 0.676. The van der Waals surface area contributed by atoms with E-state index in [4.69, 9.17) is 11.6 Å². The Morgan fingerprint density at radius 1 is 1.06 bits per heavy atom. The second-order valence-corrected chi connectivity index (χ2v) is 11.6. The second kappa shape index (κ2) is 8.47. The highest BCUT2D eigenvalue weighted by atomic mass is 35.5. The van der Waals surface area contributed by atoms with Crippen molar-refractivity contribution in [1.82, 2.24) is 8.61 Å². The van der Waals surface area contributed by atoms with E-state index in [0.29, 0.717) is 17.4 Å². The predicted molar refractivity (Wildman–Crippen MR) is 117 cm³/mol. The van der Waals surface area contributed by atoms with Gasteiger partial charge in [0.05, 0.1) is 10.6 Å². The number of hydrogen-bond donors (Lipinski definition) is 1. The molecule has 0 radical (unpaired) electrons. The Kier molecular flexibility index (Phi) is 6.01. The number of halogens is 1. The minimum absolute atomic E-state index is 0.00158. The molecule has 32 heavy (non-hydrogen) atoms. The van der Waals surface area contributed by atoms with E-state index in [1.165, 1.54) is 46.8 Å². The molecular weight excluding hydrogens is 478 g/mol. The molecule has 0 atom stereocenters. The summed E-state index contributed by atoms with van der Waals surface area (Å²) in [6.45, 7) is 0.0438. The van der Waals surface area contributed by atoms with E-state index in [9.17, 15) is 26.4 Å². The second-order valence-electron chi connectivity index (χ2n) is 7.47. The Balaban J connectivity index is 1.54. The summed E-state index contributed by atoms with van der Waals surface area (Å²) in [5.74, 6) is -1.58. The molecule has 170 valence electrons. The van der Waals surface area contributed by atoms with Crippen molar-refractivity contribution in [2.45, 2.75) is 29.1 Å². The fourth-order valence-corrected chi connectivity index (χ4v) is 7.28. The number of anilines is 1. The molecule has 2 aromatic rings. The van der Waals surface area contributed by atoms with Crippen molar-refractivity contribution < 1.29 is 26.4 Å². The highest BCUT2D eigenvalue weighted by Crippen LogP contribution is 2.31. The molecule has 0 spiro atoms. The van der Waals surface area contributed by atoms with Crippen molar-refractivity contribution in [1.29, 1.82) is 0 Å². The van der Waals surface area contributed by atoms with Gasteiger partial charge in [0.1, 0.15) is 16.3 Å². The Bertz CT molecular complexity index is 1300. The maximum atomic E-state index is 13.0. The summed E-state index contributed by atoms with van der Waals surface area (Å²) in [7, 11) is -7.98. The van der Waals surface area contributed by atoms with E-state index in [0.717, 1.165) is 19.3 Å². The van der Waals surface area contributed by atoms with Crippen molar-refractivity contribution in [3.63, 3.8) is 0 Å². The predicted octanol–water partition coefficient (Wildman–Crippen LogP) is 2.30. The number of nitrogens with one attached hydrogen (secondary N) is 1. The van der Waals surface area contributed by atoms with Crippen LogP contribution in [-0.2, 0) is 24.8 Å². The van der Waals surface area contributed by atoms with Gasteiger partial charge in [-0.25, -0.2) is 21.1 Å². The Morgan fingerprint density at radius 2 is 1.75 bits per heavy atom. The summed E-state index contributed by atoms with van der Waals surface area (Å²) in [5, 5.41) is 2.47. The van der Waals surface area contributed by atoms with E-state index < -0.39 is 38.4 Å². The Hall–Kier alpha value is -2.47. The molecule has 4 rings (SSSR count). The van der Waals surface area contributed by atoms with Crippen LogP contribution in [0.1, 0.15) is 29.6 Å². The molecule has 2 aliphatic heterocycles. The van der Waals surface area contributed by atoms with Crippen LogP contribution < -0.4 is 5.32 Å². The minimum atomic E-state index is -4.14. The van der Waals surface area contributed by atoms with Gasteiger partial charge in [-0.05, 0) is 43.2 Å². The van der Waals surface area contributed by atoms with Gasteiger partial charge in [0.25, 0.3) is 15.9 Å². The van der Waals surface area contributed by atoms with Crippen LogP contribution in [0, 0.1) is 0 Å². The zero-order valence-corrected chi connectivity index (χ0v) is 19.2. The van der Waals surface area contributed by atoms with Gasteiger partial charge < -0.3 is 5.32 Å². The zero-order valence-electron chi connectivity index (χ0n) is 16.8. The van der Waals surface area contributed by atoms with Crippen molar-refractivity contribution in [3.8, 4) is 0 Å². The number of fused-ring (bicyclic) bond motifs is 1. The number of carbonyl (C=O) groups excluding carboxylic acids is 2. The van der Waals surface area contributed by atoms with Crippen molar-refractivity contribution in [2.24, 2.45) is 0 Å². The molecule has 2 heterocycles. The van der Waals surface area contributed by atoms with Gasteiger partial charge in [-0.1, -0.05) is 30.2 Å². The van der Waals surface area contributed by atoms with E-state index in [-0.39, 0.29) is 26.1 Å². The number of sulfonamides is 2. The number of amides is 2. The summed E-state index contributed by atoms with van der Waals surface area (Å²) in [6.07, 6.45) is 2.47. The van der Waals surface area contributed by atoms with E-state index in [1.54, 1.807) is 0 Å². The van der Waals surface area contributed by atoms with Crippen LogP contribution in [0.5, 0.6) is 0 Å². The maximum Gasteiger partial charge on any atom is 0.269 e. The molecule has 2 amide bonds. The molecule has 12 heteroatoms. The van der Waals surface area contributed by atoms with Crippen LogP contribution in [0.25, 0.3) is 0 Å². The number of nitrogens with zero attached hydrogens (tertiary/aromatic N) is 2. The normalized spacial score (nSPS) is 18.4. The first kappa shape index (κ1) is 22.7. The van der Waals surface area contributed by atoms with Crippen LogP contribution in [0.3, 0.4) is 0 Å². The topological polar surface area (TPSA) is 121 Å². The first-order chi connectivity index (χ1) is 15.1. The Labute approximate surface area is 191 Å². The van der Waals surface area contributed by atoms with E-state index in [1.807, 2.05) is 0 Å². The SMILES string of the molecule is O=C(CN1C(=O)c2ccccc2S1(=O)=O)Nc1ccc(Cl)c(S(=O)(=O)N2CCCCC2)c1. The molecule has 2 aromatic carbocycles. The van der Waals surface area contributed by atoms with Crippen LogP contribution in [0.15, 0.2) is 52.3 Å². The molecule has 0 unspecified atom stereocenters. The van der Waals surface area contributed by atoms with Crippen LogP contribution in [-0.4, -0.2) is 56.9 Å². The number of piperidine rings is 1. The van der Waals surface area contributed by atoms with E-state index >= 15 is 0 Å². The third kappa shape index (κ3) is 4.01. The summed E-state index contributed by atoms with van der Waals surface area (Å²) in [5.41, 5.74) is 0.123. The van der Waals surface area contributed by atoms with Gasteiger partial charge in [0.2, 0.25) is 15.9 Å². The lowest BCUT2D eigenvalue weighted by Gasteiger charge is -2.26. The summed E-state index contributed by atoms with van der Waals surface area (Å²) < 4.78 is 53.0. The molecule has 0 aromatic heterocycles. The van der Waals surface area contributed by atoms with Crippen LogP contribution in [0.4, 0.5) is 5.69 Å². The molecule has 1 N–H and O–H groups in total. The Morgan fingerprint density at radius 3 is 2.44 bits per heavy atom. The minimum Gasteiger partial charge on any atom is -0.324 e. The average Bonchev–Trinajstić information content (AvgIpc) is 2.96. The number of benzene rings is 2. The third-order valence-corrected chi connectivity index (χ3v) is 9.51. The van der Waals surface area contributed by atoms with Gasteiger partial charge in [0.15, 0.2) is 0 Å². The molecule has 0 aliphatic carbocycles. The van der Waals surface area contributed by atoms with Gasteiger partial charge in [-0.15, -0.1) is 0 Å². The first-order valence-electron chi connectivity index (χ1n) is 9.88. The smallest absolute Gasteiger partial charge is 0.269 e. The number of carbonyl (C=O) groups is 2. The number of rotatable bonds is 5. The van der Waals surface area contributed by atoms with Crippen molar-refractivity contribution in [2.75, 3.05) is 25.0 Å². The molecule has 9 nitrogen and oxygen atoms in total. The fraction of sp³-hybridized carbons (Fsp3) is 0.300. The number of hydrogen-bond acceptors (Lipinski definition) is 6. The molecular formula is C20H20ClN3O6S2. The standard InChI is InChI=1S/C20H20ClN3O6S2/c21-16-9-8-14(12-18(16)31(27,28)23-10-4-1-5-11-23)22-19(25)13-24-20(26)15-6-2-3-7-17(15)32(24,29)30/h2-3,6-9,12H,1,4-5,10-11,13H2,(H,22,25). The monoisotopic (exact) mass is 497 g/mol. The fourth-order valence-electron chi connectivity index (χ4n) is 3.74. The lowest BCUT2D eigenvalue weighted by atomic mass is 10.2. The van der Waals surface area contributed by atoms with Gasteiger partial charge >= 0.3 is 0 Å². The molecule has 1 fully saturated rings. The van der Waals surface area contributed by atoms with Crippen LogP contribution in [0.2, 0.25) is 5.02 Å². The molecule has 2 aliphatic rings. The highest BCUT2D eigenvalue weighted by Gasteiger charge is 2.41. The highest BCUT2D eigenvalue weighted by molar-refractivity contribution is 7.90. The molecule has 0 bridgehead atoms. The van der Waals surface area contributed by atoms with Gasteiger partial charge in [0, 0.05) is 18.8 Å². The first-order valence-corrected chi connectivity index (χ1v) is 13.1. The van der Waals surface area contributed by atoms with Gasteiger partial charge in [-0.2, -0.15) is 4.31 Å². The maximum absolute atomic E-state index is 13.0. The zero-order chi connectivity index (χ0) is 23.1. The van der Waals surface area contributed by atoms with E-state index in [2.05, 4.69) is 5.32 Å². The largest absolute Gasteiger partial charge is 0.324 e. The third-order valence-electron chi connectivity index (χ3n) is 5.35. The van der Waals surface area contributed by atoms with Crippen molar-refractivity contribution >= 4 is 49.1 Å². The summed E-state index contributed by atoms with van der Waals surface area (Å²) in [6, 6.07) is 9.70. The van der Waals surface area contributed by atoms with Crippen molar-refractivity contribution in [3.05, 3.63) is 53.1 Å². The summed E-state index contributed by atoms with van der Waals surface area (Å²) in [4.78, 5) is 24.7. The molecule has 0 saturated carbocycles. The lowest BCUT2D eigenvalue weighted by molar-refractivity contribution is -0.116. The molecule has 1 saturated heterocycles. The van der Waals surface area contributed by atoms with Crippen LogP contribution >= 0.6 is 11.6 Å². The summed E-state index contributed by atoms with van der Waals surface area (Å²) >= 11 is 6.13. The van der Waals surface area contributed by atoms with Gasteiger partial charge in [-0.3, -0.25) is 9.59 Å². The average molecular weight is 498 g/mol. The lowest BCUT2D eigenvalue weighted by Crippen LogP contribution is -2.37.